The van der Waals surface area contributed by atoms with E-state index >= 15 is 0 Å². The zero-order valence-electron chi connectivity index (χ0n) is 16.9. The molecule has 0 amide bonds. The highest BCUT2D eigenvalue weighted by molar-refractivity contribution is 7.99. The van der Waals surface area contributed by atoms with E-state index in [-0.39, 0.29) is 10.8 Å². The van der Waals surface area contributed by atoms with Crippen LogP contribution < -0.4 is 0 Å². The summed E-state index contributed by atoms with van der Waals surface area (Å²) in [6.45, 7) is 3.83. The van der Waals surface area contributed by atoms with Crippen LogP contribution >= 0.6 is 23.4 Å². The molecule has 30 heavy (non-hydrogen) atoms. The topological polar surface area (TPSA) is 52.7 Å². The van der Waals surface area contributed by atoms with Crippen molar-refractivity contribution in [3.8, 4) is 5.69 Å². The predicted octanol–water partition coefficient (Wildman–Crippen LogP) is 5.67. The number of Topliss-reactive ketones (excluding diaryl/α,β-unsaturated/α-hetero) is 1. The molecule has 2 fully saturated rings. The van der Waals surface area contributed by atoms with Crippen LogP contribution in [0.2, 0.25) is 5.02 Å². The Kier molecular flexibility index (Phi) is 4.98. The molecule has 5 nitrogen and oxygen atoms in total. The quantitative estimate of drug-likeness (QED) is 0.348. The first kappa shape index (κ1) is 19.8. The Bertz CT molecular complexity index is 1150. The Morgan fingerprint density at radius 2 is 1.97 bits per heavy atom. The lowest BCUT2D eigenvalue weighted by molar-refractivity contribution is 0.102. The highest BCUT2D eigenvalue weighted by Gasteiger charge is 2.36. The van der Waals surface area contributed by atoms with Crippen LogP contribution in [0.25, 0.3) is 5.69 Å². The Morgan fingerprint density at radius 1 is 1.20 bits per heavy atom. The number of ketones is 1. The number of benzene rings is 1. The number of nitrogens with zero attached hydrogens (tertiary/aromatic N) is 4. The van der Waals surface area contributed by atoms with Crippen molar-refractivity contribution in [3.05, 3.63) is 57.9 Å². The van der Waals surface area contributed by atoms with Crippen LogP contribution in [0, 0.1) is 19.7 Å². The molecule has 0 unspecified atom stereocenters. The molecule has 2 aromatic heterocycles. The number of thioether (sulfide) groups is 1. The van der Waals surface area contributed by atoms with Gasteiger partial charge in [-0.15, -0.1) is 10.2 Å². The Hall–Kier alpha value is -2.12. The van der Waals surface area contributed by atoms with Gasteiger partial charge < -0.3 is 9.13 Å². The average Bonchev–Trinajstić information content (AvgIpc) is 3.65. The summed E-state index contributed by atoms with van der Waals surface area (Å²) in [6, 6.07) is 6.98. The zero-order valence-corrected chi connectivity index (χ0v) is 18.4. The molecule has 3 aromatic rings. The van der Waals surface area contributed by atoms with Gasteiger partial charge in [-0.25, -0.2) is 4.39 Å². The fraction of sp³-hybridized carbons (Fsp3) is 0.409. The maximum absolute atomic E-state index is 13.5. The summed E-state index contributed by atoms with van der Waals surface area (Å²) in [4.78, 5) is 13.0. The monoisotopic (exact) mass is 444 g/mol. The average molecular weight is 445 g/mol. The molecule has 0 N–H and O–H groups in total. The lowest BCUT2D eigenvalue weighted by Crippen LogP contribution is -2.07. The van der Waals surface area contributed by atoms with Crippen molar-refractivity contribution in [1.29, 1.82) is 0 Å². The van der Waals surface area contributed by atoms with Gasteiger partial charge in [0.1, 0.15) is 11.6 Å². The minimum absolute atomic E-state index is 0.0471. The molecule has 0 saturated heterocycles. The van der Waals surface area contributed by atoms with Crippen LogP contribution in [-0.2, 0) is 0 Å². The summed E-state index contributed by atoms with van der Waals surface area (Å²) in [5, 5.41) is 9.72. The molecule has 0 radical (unpaired) electrons. The molecular formula is C22H22ClFN4OS. The lowest BCUT2D eigenvalue weighted by Gasteiger charge is -2.11. The smallest absolute Gasteiger partial charge is 0.191 e. The molecule has 0 bridgehead atoms. The molecule has 8 heteroatoms. The van der Waals surface area contributed by atoms with E-state index in [0.717, 1.165) is 28.1 Å². The number of hydrogen-bond acceptors (Lipinski definition) is 4. The van der Waals surface area contributed by atoms with Crippen LogP contribution in [-0.4, -0.2) is 30.9 Å². The van der Waals surface area contributed by atoms with E-state index < -0.39 is 5.82 Å². The summed E-state index contributed by atoms with van der Waals surface area (Å²) in [7, 11) is 0. The maximum atomic E-state index is 13.5. The van der Waals surface area contributed by atoms with Crippen molar-refractivity contribution in [2.75, 3.05) is 5.75 Å². The molecule has 0 spiro atoms. The largest absolute Gasteiger partial charge is 0.318 e. The highest BCUT2D eigenvalue weighted by atomic mass is 35.5. The molecule has 2 aliphatic rings. The summed E-state index contributed by atoms with van der Waals surface area (Å²) in [5.41, 5.74) is 3.13. The maximum Gasteiger partial charge on any atom is 0.191 e. The standard InChI is InChI=1S/C22H22ClFN4OS/c1-12-9-17(13(2)27(12)16-7-8-19(24)18(23)10-16)20(29)11-30-22-26-25-21(14-3-4-14)28(22)15-5-6-15/h7-10,14-15H,3-6,11H2,1-2H3. The first-order valence-corrected chi connectivity index (χ1v) is 11.6. The fourth-order valence-electron chi connectivity index (χ4n) is 3.96. The van der Waals surface area contributed by atoms with E-state index in [9.17, 15) is 9.18 Å². The fourth-order valence-corrected chi connectivity index (χ4v) is 5.03. The van der Waals surface area contributed by atoms with E-state index in [1.807, 2.05) is 24.5 Å². The molecule has 2 heterocycles. The van der Waals surface area contributed by atoms with Gasteiger partial charge >= 0.3 is 0 Å². The molecule has 2 aliphatic carbocycles. The summed E-state index contributed by atoms with van der Waals surface area (Å²) < 4.78 is 17.7. The van der Waals surface area contributed by atoms with Gasteiger partial charge in [0, 0.05) is 34.6 Å². The van der Waals surface area contributed by atoms with Crippen molar-refractivity contribution >= 4 is 29.1 Å². The molecule has 5 rings (SSSR count). The molecule has 1 aromatic carbocycles. The van der Waals surface area contributed by atoms with Crippen LogP contribution in [0.5, 0.6) is 0 Å². The van der Waals surface area contributed by atoms with E-state index in [2.05, 4.69) is 14.8 Å². The van der Waals surface area contributed by atoms with Crippen molar-refractivity contribution in [3.63, 3.8) is 0 Å². The van der Waals surface area contributed by atoms with Gasteiger partial charge in [0.25, 0.3) is 0 Å². The zero-order chi connectivity index (χ0) is 21.0. The number of hydrogen-bond donors (Lipinski definition) is 0. The van der Waals surface area contributed by atoms with Crippen LogP contribution in [0.4, 0.5) is 4.39 Å². The highest BCUT2D eigenvalue weighted by Crippen LogP contribution is 2.46. The van der Waals surface area contributed by atoms with E-state index in [0.29, 0.717) is 23.3 Å². The second-order valence-electron chi connectivity index (χ2n) is 8.15. The number of halogens is 2. The summed E-state index contributed by atoms with van der Waals surface area (Å²) >= 11 is 7.42. The van der Waals surface area contributed by atoms with E-state index in [1.165, 1.54) is 43.5 Å². The number of carbonyl (C=O) groups excluding carboxylic acids is 1. The third-order valence-corrected chi connectivity index (χ3v) is 7.00. The van der Waals surface area contributed by atoms with Gasteiger partial charge in [0.15, 0.2) is 10.9 Å². The molecule has 156 valence electrons. The third kappa shape index (κ3) is 3.58. The minimum atomic E-state index is -0.457. The number of rotatable bonds is 7. The van der Waals surface area contributed by atoms with Gasteiger partial charge in [0.05, 0.1) is 10.8 Å². The molecule has 0 aliphatic heterocycles. The third-order valence-electron chi connectivity index (χ3n) is 5.77. The van der Waals surface area contributed by atoms with Crippen molar-refractivity contribution in [1.82, 2.24) is 19.3 Å². The van der Waals surface area contributed by atoms with Gasteiger partial charge in [-0.05, 0) is 63.8 Å². The van der Waals surface area contributed by atoms with Crippen molar-refractivity contribution in [2.45, 2.75) is 56.6 Å². The van der Waals surface area contributed by atoms with Crippen molar-refractivity contribution < 1.29 is 9.18 Å². The normalized spacial score (nSPS) is 16.3. The Balaban J connectivity index is 1.37. The number of aryl methyl sites for hydroxylation is 1. The predicted molar refractivity (Wildman–Crippen MR) is 116 cm³/mol. The molecule has 0 atom stereocenters. The minimum Gasteiger partial charge on any atom is -0.318 e. The molecule has 2 saturated carbocycles. The van der Waals surface area contributed by atoms with Gasteiger partial charge in [-0.3, -0.25) is 4.79 Å². The van der Waals surface area contributed by atoms with Gasteiger partial charge in [0.2, 0.25) is 0 Å². The summed E-state index contributed by atoms with van der Waals surface area (Å²) in [6.07, 6.45) is 4.71. The number of carbonyl (C=O) groups is 1. The first-order valence-electron chi connectivity index (χ1n) is 10.2. The van der Waals surface area contributed by atoms with Crippen LogP contribution in [0.15, 0.2) is 29.4 Å². The second kappa shape index (κ2) is 7.54. The summed E-state index contributed by atoms with van der Waals surface area (Å²) in [5.74, 6) is 1.54. The Labute approximate surface area is 183 Å². The SMILES string of the molecule is Cc1cc(C(=O)CSc2nnc(C3CC3)n2C2CC2)c(C)n1-c1ccc(F)c(Cl)c1. The number of aromatic nitrogens is 4. The van der Waals surface area contributed by atoms with Crippen LogP contribution in [0.1, 0.15) is 65.2 Å². The molecular weight excluding hydrogens is 423 g/mol. The van der Waals surface area contributed by atoms with Crippen molar-refractivity contribution in [2.24, 2.45) is 0 Å². The lowest BCUT2D eigenvalue weighted by atomic mass is 10.2. The first-order chi connectivity index (χ1) is 14.4. The second-order valence-corrected chi connectivity index (χ2v) is 9.50. The van der Waals surface area contributed by atoms with Gasteiger partial charge in [-0.2, -0.15) is 0 Å². The van der Waals surface area contributed by atoms with E-state index in [1.54, 1.807) is 12.1 Å². The van der Waals surface area contributed by atoms with Crippen LogP contribution in [0.3, 0.4) is 0 Å². The Morgan fingerprint density at radius 3 is 2.63 bits per heavy atom. The van der Waals surface area contributed by atoms with Gasteiger partial charge in [-0.1, -0.05) is 23.4 Å². The van der Waals surface area contributed by atoms with E-state index in [4.69, 9.17) is 11.6 Å².